The zero-order valence-electron chi connectivity index (χ0n) is 10.8. The maximum atomic E-state index is 11.8. The Morgan fingerprint density at radius 2 is 2.21 bits per heavy atom. The number of nitrogens with zero attached hydrogens (tertiary/aromatic N) is 2. The van der Waals surface area contributed by atoms with Gasteiger partial charge < -0.3 is 15.3 Å². The molecule has 0 saturated carbocycles. The molecule has 0 aliphatic rings. The molecule has 2 N–H and O–H groups in total. The lowest BCUT2D eigenvalue weighted by Crippen LogP contribution is -2.34. The van der Waals surface area contributed by atoms with E-state index in [0.29, 0.717) is 12.2 Å². The molecule has 0 spiro atoms. The Morgan fingerprint density at radius 3 is 2.79 bits per heavy atom. The van der Waals surface area contributed by atoms with E-state index in [1.54, 1.807) is 26.1 Å². The number of rotatable bonds is 4. The van der Waals surface area contributed by atoms with Crippen LogP contribution in [0, 0.1) is 17.2 Å². The maximum Gasteiger partial charge on any atom is 0.335 e. The van der Waals surface area contributed by atoms with Crippen molar-refractivity contribution in [1.29, 1.82) is 5.26 Å². The Balaban J connectivity index is 2.69. The number of carbonyl (C=O) groups excluding carboxylic acids is 1. The lowest BCUT2D eigenvalue weighted by atomic mass is 10.2. The number of carboxylic acids is 1. The van der Waals surface area contributed by atoms with E-state index in [-0.39, 0.29) is 17.5 Å². The number of hydrogen-bond donors (Lipinski definition) is 2. The third-order valence-corrected chi connectivity index (χ3v) is 2.48. The van der Waals surface area contributed by atoms with Gasteiger partial charge in [0, 0.05) is 19.3 Å². The molecule has 0 fully saturated rings. The first kappa shape index (κ1) is 14.5. The lowest BCUT2D eigenvalue weighted by Gasteiger charge is -2.19. The summed E-state index contributed by atoms with van der Waals surface area (Å²) in [5, 5.41) is 20.1. The number of nitrogens with one attached hydrogen (secondary N) is 1. The van der Waals surface area contributed by atoms with E-state index in [9.17, 15) is 9.59 Å². The summed E-state index contributed by atoms with van der Waals surface area (Å²) in [5.41, 5.74) is 0.507. The minimum absolute atomic E-state index is 0.103. The number of aromatic carboxylic acids is 1. The summed E-state index contributed by atoms with van der Waals surface area (Å²) in [7, 11) is 1.57. The van der Waals surface area contributed by atoms with Gasteiger partial charge in [-0.25, -0.2) is 9.59 Å². The molecule has 1 aromatic carbocycles. The van der Waals surface area contributed by atoms with Gasteiger partial charge in [-0.15, -0.1) is 0 Å². The third-order valence-electron chi connectivity index (χ3n) is 2.48. The Hall–Kier alpha value is -2.55. The number of anilines is 1. The van der Waals surface area contributed by atoms with E-state index in [1.165, 1.54) is 17.0 Å². The summed E-state index contributed by atoms with van der Waals surface area (Å²) in [6.45, 7) is 2.02. The largest absolute Gasteiger partial charge is 0.478 e. The van der Waals surface area contributed by atoms with Crippen molar-refractivity contribution in [3.8, 4) is 6.07 Å². The summed E-state index contributed by atoms with van der Waals surface area (Å²) >= 11 is 0. The number of amides is 2. The van der Waals surface area contributed by atoms with Crippen molar-refractivity contribution in [3.63, 3.8) is 0 Å². The van der Waals surface area contributed by atoms with Gasteiger partial charge in [-0.05, 0) is 25.1 Å². The van der Waals surface area contributed by atoms with Crippen molar-refractivity contribution in [2.45, 2.75) is 6.92 Å². The van der Waals surface area contributed by atoms with E-state index in [1.807, 2.05) is 6.07 Å². The number of hydrogen-bond acceptors (Lipinski definition) is 3. The van der Waals surface area contributed by atoms with Crippen molar-refractivity contribution in [1.82, 2.24) is 4.90 Å². The molecule has 6 heteroatoms. The molecule has 0 saturated heterocycles. The number of urea groups is 1. The van der Waals surface area contributed by atoms with Gasteiger partial charge in [0.2, 0.25) is 0 Å². The number of carboxylic acid groups (broad SMARTS) is 1. The molecule has 100 valence electrons. The van der Waals surface area contributed by atoms with Crippen LogP contribution in [0.25, 0.3) is 0 Å². The van der Waals surface area contributed by atoms with Gasteiger partial charge in [-0.2, -0.15) is 5.26 Å². The van der Waals surface area contributed by atoms with Crippen LogP contribution in [0.4, 0.5) is 10.5 Å². The highest BCUT2D eigenvalue weighted by Gasteiger charge is 2.12. The Bertz CT molecular complexity index is 522. The predicted molar refractivity (Wildman–Crippen MR) is 69.8 cm³/mol. The lowest BCUT2D eigenvalue weighted by molar-refractivity contribution is 0.0697. The minimum Gasteiger partial charge on any atom is -0.478 e. The number of carbonyl (C=O) groups is 2. The summed E-state index contributed by atoms with van der Waals surface area (Å²) in [6.07, 6.45) is 0. The molecule has 1 rings (SSSR count). The van der Waals surface area contributed by atoms with Crippen LogP contribution >= 0.6 is 0 Å². The molecule has 6 nitrogen and oxygen atoms in total. The van der Waals surface area contributed by atoms with Crippen LogP contribution in [0.15, 0.2) is 24.3 Å². The Labute approximate surface area is 111 Å². The first-order chi connectivity index (χ1) is 8.93. The highest BCUT2D eigenvalue weighted by atomic mass is 16.4. The summed E-state index contributed by atoms with van der Waals surface area (Å²) < 4.78 is 0. The van der Waals surface area contributed by atoms with Crippen LogP contribution in [0.1, 0.15) is 17.3 Å². The zero-order chi connectivity index (χ0) is 14.4. The molecule has 0 bridgehead atoms. The fraction of sp³-hybridized carbons (Fsp3) is 0.308. The molecule has 1 atom stereocenters. The van der Waals surface area contributed by atoms with E-state index < -0.39 is 5.97 Å². The van der Waals surface area contributed by atoms with Gasteiger partial charge in [0.15, 0.2) is 0 Å². The average molecular weight is 261 g/mol. The van der Waals surface area contributed by atoms with Gasteiger partial charge in [0.1, 0.15) is 0 Å². The van der Waals surface area contributed by atoms with Crippen LogP contribution in [0.3, 0.4) is 0 Å². The molecule has 19 heavy (non-hydrogen) atoms. The first-order valence-corrected chi connectivity index (χ1v) is 5.69. The minimum atomic E-state index is -1.05. The normalized spacial score (nSPS) is 11.2. The van der Waals surface area contributed by atoms with Crippen molar-refractivity contribution in [2.24, 2.45) is 5.92 Å². The maximum absolute atomic E-state index is 11.8. The van der Waals surface area contributed by atoms with Crippen molar-refractivity contribution >= 4 is 17.7 Å². The molecular formula is C13H15N3O3. The molecule has 0 heterocycles. The number of nitriles is 1. The van der Waals surface area contributed by atoms with Crippen LogP contribution < -0.4 is 5.32 Å². The van der Waals surface area contributed by atoms with E-state index in [4.69, 9.17) is 10.4 Å². The molecule has 0 radical (unpaired) electrons. The summed E-state index contributed by atoms with van der Waals surface area (Å²) in [6, 6.07) is 7.63. The number of benzene rings is 1. The smallest absolute Gasteiger partial charge is 0.335 e. The van der Waals surface area contributed by atoms with Gasteiger partial charge in [-0.3, -0.25) is 0 Å². The van der Waals surface area contributed by atoms with E-state index in [2.05, 4.69) is 5.32 Å². The van der Waals surface area contributed by atoms with Gasteiger partial charge in [0.25, 0.3) is 0 Å². The van der Waals surface area contributed by atoms with Gasteiger partial charge >= 0.3 is 12.0 Å². The molecule has 0 aliphatic carbocycles. The molecule has 2 amide bonds. The first-order valence-electron chi connectivity index (χ1n) is 5.69. The summed E-state index contributed by atoms with van der Waals surface area (Å²) in [4.78, 5) is 24.0. The summed E-state index contributed by atoms with van der Waals surface area (Å²) in [5.74, 6) is -1.32. The SMILES string of the molecule is CC(C#N)CN(C)C(=O)Nc1cccc(C(=O)O)c1. The van der Waals surface area contributed by atoms with Crippen LogP contribution in [-0.4, -0.2) is 35.6 Å². The molecular weight excluding hydrogens is 246 g/mol. The Morgan fingerprint density at radius 1 is 1.53 bits per heavy atom. The van der Waals surface area contributed by atoms with Gasteiger partial charge in [0.05, 0.1) is 17.6 Å². The van der Waals surface area contributed by atoms with E-state index >= 15 is 0 Å². The average Bonchev–Trinajstić information content (AvgIpc) is 2.38. The van der Waals surface area contributed by atoms with Crippen LogP contribution in [0.5, 0.6) is 0 Å². The molecule has 1 aromatic rings. The second-order valence-electron chi connectivity index (χ2n) is 4.23. The molecule has 1 unspecified atom stereocenters. The highest BCUT2D eigenvalue weighted by Crippen LogP contribution is 2.11. The molecule has 0 aromatic heterocycles. The highest BCUT2D eigenvalue weighted by molar-refractivity contribution is 5.93. The second kappa shape index (κ2) is 6.40. The predicted octanol–water partition coefficient (Wildman–Crippen LogP) is 2.01. The zero-order valence-corrected chi connectivity index (χ0v) is 10.8. The topological polar surface area (TPSA) is 93.4 Å². The Kier molecular flexibility index (Phi) is 4.89. The monoisotopic (exact) mass is 261 g/mol. The van der Waals surface area contributed by atoms with Crippen molar-refractivity contribution in [3.05, 3.63) is 29.8 Å². The van der Waals surface area contributed by atoms with Crippen molar-refractivity contribution < 1.29 is 14.7 Å². The third kappa shape index (κ3) is 4.32. The van der Waals surface area contributed by atoms with E-state index in [0.717, 1.165) is 0 Å². The second-order valence-corrected chi connectivity index (χ2v) is 4.23. The quantitative estimate of drug-likeness (QED) is 0.866. The van der Waals surface area contributed by atoms with Crippen molar-refractivity contribution in [2.75, 3.05) is 18.9 Å². The fourth-order valence-electron chi connectivity index (χ4n) is 1.48. The van der Waals surface area contributed by atoms with Crippen LogP contribution in [0.2, 0.25) is 0 Å². The molecule has 0 aliphatic heterocycles. The standard InChI is InChI=1S/C13H15N3O3/c1-9(7-14)8-16(2)13(19)15-11-5-3-4-10(6-11)12(17)18/h3-6,9H,8H2,1-2H3,(H,15,19)(H,17,18). The van der Waals surface area contributed by atoms with Gasteiger partial charge in [-0.1, -0.05) is 6.07 Å². The fourth-order valence-corrected chi connectivity index (χ4v) is 1.48. The van der Waals surface area contributed by atoms with Crippen LogP contribution in [-0.2, 0) is 0 Å².